The van der Waals surface area contributed by atoms with Crippen LogP contribution in [-0.2, 0) is 10.2 Å². The number of carbonyl (C=O) groups excluding carboxylic acids is 1. The zero-order valence-electron chi connectivity index (χ0n) is 18.5. The van der Waals surface area contributed by atoms with Gasteiger partial charge in [0.2, 0.25) is 5.95 Å². The van der Waals surface area contributed by atoms with Gasteiger partial charge >= 0.3 is 5.92 Å². The smallest absolute Gasteiger partial charge is 0.342 e. The summed E-state index contributed by atoms with van der Waals surface area (Å²) in [6, 6.07) is 7.94. The number of anilines is 4. The van der Waals surface area contributed by atoms with Crippen molar-refractivity contribution in [2.24, 2.45) is 0 Å². The summed E-state index contributed by atoms with van der Waals surface area (Å²) in [4.78, 5) is 23.8. The Balaban J connectivity index is 1.68. The van der Waals surface area contributed by atoms with E-state index in [0.29, 0.717) is 17.5 Å². The third-order valence-electron chi connectivity index (χ3n) is 6.14. The first-order valence-corrected chi connectivity index (χ1v) is 10.7. The molecule has 1 aromatic heterocycles. The first-order valence-electron chi connectivity index (χ1n) is 10.7. The van der Waals surface area contributed by atoms with Gasteiger partial charge in [-0.2, -0.15) is 13.8 Å². The Hall–Kier alpha value is -2.77. The molecule has 0 bridgehead atoms. The molecule has 2 heterocycles. The minimum atomic E-state index is -3.48. The fourth-order valence-electron chi connectivity index (χ4n) is 4.29. The topological polar surface area (TPSA) is 61.4 Å². The van der Waals surface area contributed by atoms with Crippen molar-refractivity contribution < 1.29 is 13.6 Å². The number of halogens is 2. The number of alkyl halides is 2. The Morgan fingerprint density at radius 1 is 1.13 bits per heavy atom. The normalized spacial score (nSPS) is 19.4. The van der Waals surface area contributed by atoms with Crippen LogP contribution in [0.1, 0.15) is 52.0 Å². The van der Waals surface area contributed by atoms with E-state index < -0.39 is 18.4 Å². The second kappa shape index (κ2) is 7.73. The molecule has 0 spiro atoms. The van der Waals surface area contributed by atoms with Crippen LogP contribution in [0.15, 0.2) is 30.5 Å². The summed E-state index contributed by atoms with van der Waals surface area (Å²) < 4.78 is 29.3. The molecule has 0 atom stereocenters. The van der Waals surface area contributed by atoms with Crippen molar-refractivity contribution in [2.75, 3.05) is 28.7 Å². The fraction of sp³-hybridized carbons (Fsp3) is 0.522. The number of aromatic nitrogens is 2. The minimum Gasteiger partial charge on any atom is -0.345 e. The standard InChI is InChI=1S/C23H29F2N5O/c1-22(2,3)15-9-11-16(12-10-15)27-21-26-13-18-19(28-21)30(17-7-5-6-8-17)14-23(24,25)20(31)29(18)4/h9-13,17H,5-8,14H2,1-4H3,(H,26,27,28). The van der Waals surface area contributed by atoms with Crippen LogP contribution in [0.5, 0.6) is 0 Å². The van der Waals surface area contributed by atoms with Crippen molar-refractivity contribution in [2.45, 2.75) is 63.8 Å². The molecule has 2 aromatic rings. The number of rotatable bonds is 3. The lowest BCUT2D eigenvalue weighted by molar-refractivity contribution is -0.140. The molecule has 1 saturated carbocycles. The first kappa shape index (κ1) is 21.5. The first-order chi connectivity index (χ1) is 14.6. The molecule has 4 rings (SSSR count). The van der Waals surface area contributed by atoms with Crippen LogP contribution in [0.4, 0.5) is 31.9 Å². The number of hydrogen-bond acceptors (Lipinski definition) is 5. The van der Waals surface area contributed by atoms with E-state index in [1.807, 2.05) is 24.3 Å². The van der Waals surface area contributed by atoms with Gasteiger partial charge in [0.05, 0.1) is 12.7 Å². The van der Waals surface area contributed by atoms with E-state index in [1.54, 1.807) is 4.90 Å². The zero-order chi connectivity index (χ0) is 22.4. The molecule has 1 aliphatic carbocycles. The highest BCUT2D eigenvalue weighted by Gasteiger charge is 2.48. The van der Waals surface area contributed by atoms with Crippen molar-refractivity contribution in [1.29, 1.82) is 0 Å². The Kier molecular flexibility index (Phi) is 5.35. The third-order valence-corrected chi connectivity index (χ3v) is 6.14. The highest BCUT2D eigenvalue weighted by Crippen LogP contribution is 2.39. The summed E-state index contributed by atoms with van der Waals surface area (Å²) in [6.07, 6.45) is 5.06. The van der Waals surface area contributed by atoms with Crippen molar-refractivity contribution >= 4 is 29.0 Å². The van der Waals surface area contributed by atoms with Crippen molar-refractivity contribution in [3.63, 3.8) is 0 Å². The highest BCUT2D eigenvalue weighted by atomic mass is 19.3. The van der Waals surface area contributed by atoms with Gasteiger partial charge in [0.25, 0.3) is 5.91 Å². The lowest BCUT2D eigenvalue weighted by atomic mass is 9.87. The molecule has 1 fully saturated rings. The molecule has 1 amide bonds. The summed E-state index contributed by atoms with van der Waals surface area (Å²) in [7, 11) is 1.36. The molecule has 1 aromatic carbocycles. The van der Waals surface area contributed by atoms with Crippen LogP contribution < -0.4 is 15.1 Å². The van der Waals surface area contributed by atoms with Gasteiger partial charge in [-0.1, -0.05) is 45.7 Å². The van der Waals surface area contributed by atoms with E-state index in [0.717, 1.165) is 36.3 Å². The molecular formula is C23H29F2N5O. The van der Waals surface area contributed by atoms with Crippen LogP contribution in [0.2, 0.25) is 0 Å². The summed E-state index contributed by atoms with van der Waals surface area (Å²) in [6.45, 7) is 5.78. The minimum absolute atomic E-state index is 0.0449. The lowest BCUT2D eigenvalue weighted by Crippen LogP contribution is -2.48. The monoisotopic (exact) mass is 429 g/mol. The molecule has 1 aliphatic heterocycles. The molecule has 0 saturated heterocycles. The van der Waals surface area contributed by atoms with Gasteiger partial charge in [-0.25, -0.2) is 4.98 Å². The summed E-state index contributed by atoms with van der Waals surface area (Å²) in [5, 5.41) is 3.17. The van der Waals surface area contributed by atoms with Gasteiger partial charge in [-0.3, -0.25) is 4.79 Å². The number of amides is 1. The quantitative estimate of drug-likeness (QED) is 0.754. The van der Waals surface area contributed by atoms with Crippen LogP contribution in [0.25, 0.3) is 0 Å². The largest absolute Gasteiger partial charge is 0.345 e. The van der Waals surface area contributed by atoms with Crippen molar-refractivity contribution in [3.8, 4) is 0 Å². The maximum absolute atomic E-state index is 14.7. The SMILES string of the molecule is CN1C(=O)C(F)(F)CN(C2CCCC2)c2nc(Nc3ccc(C(C)(C)C)cc3)ncc21. The molecular weight excluding hydrogens is 400 g/mol. The molecule has 6 nitrogen and oxygen atoms in total. The van der Waals surface area contributed by atoms with Gasteiger partial charge in [0.15, 0.2) is 5.82 Å². The Bertz CT molecular complexity index is 965. The fourth-order valence-corrected chi connectivity index (χ4v) is 4.29. The third kappa shape index (κ3) is 4.20. The van der Waals surface area contributed by atoms with E-state index in [-0.39, 0.29) is 11.5 Å². The van der Waals surface area contributed by atoms with E-state index >= 15 is 0 Å². The predicted octanol–water partition coefficient (Wildman–Crippen LogP) is 4.88. The van der Waals surface area contributed by atoms with Crippen LogP contribution in [0.3, 0.4) is 0 Å². The van der Waals surface area contributed by atoms with Gasteiger partial charge < -0.3 is 15.1 Å². The maximum Gasteiger partial charge on any atom is 0.342 e. The predicted molar refractivity (Wildman–Crippen MR) is 118 cm³/mol. The number of benzene rings is 1. The summed E-state index contributed by atoms with van der Waals surface area (Å²) in [5.41, 5.74) is 2.37. The molecule has 0 unspecified atom stereocenters. The average molecular weight is 430 g/mol. The lowest BCUT2D eigenvalue weighted by Gasteiger charge is -2.31. The molecule has 1 N–H and O–H groups in total. The second-order valence-corrected chi connectivity index (χ2v) is 9.49. The number of fused-ring (bicyclic) bond motifs is 1. The van der Waals surface area contributed by atoms with Crippen molar-refractivity contribution in [3.05, 3.63) is 36.0 Å². The Labute approximate surface area is 181 Å². The van der Waals surface area contributed by atoms with E-state index in [4.69, 9.17) is 0 Å². The Morgan fingerprint density at radius 2 is 1.77 bits per heavy atom. The second-order valence-electron chi connectivity index (χ2n) is 9.49. The van der Waals surface area contributed by atoms with E-state index in [1.165, 1.54) is 18.8 Å². The van der Waals surface area contributed by atoms with Gasteiger partial charge in [-0.15, -0.1) is 0 Å². The summed E-state index contributed by atoms with van der Waals surface area (Å²) >= 11 is 0. The number of hydrogen-bond donors (Lipinski definition) is 1. The van der Waals surface area contributed by atoms with E-state index in [2.05, 4.69) is 36.1 Å². The summed E-state index contributed by atoms with van der Waals surface area (Å²) in [5.74, 6) is -4.01. The van der Waals surface area contributed by atoms with Crippen LogP contribution in [0, 0.1) is 0 Å². The molecule has 2 aliphatic rings. The molecule has 0 radical (unpaired) electrons. The number of nitrogens with one attached hydrogen (secondary N) is 1. The van der Waals surface area contributed by atoms with Crippen molar-refractivity contribution in [1.82, 2.24) is 9.97 Å². The van der Waals surface area contributed by atoms with Crippen LogP contribution in [-0.4, -0.2) is 41.4 Å². The van der Waals surface area contributed by atoms with Crippen LogP contribution >= 0.6 is 0 Å². The number of nitrogens with zero attached hydrogens (tertiary/aromatic N) is 4. The van der Waals surface area contributed by atoms with E-state index in [9.17, 15) is 13.6 Å². The maximum atomic E-state index is 14.7. The molecule has 31 heavy (non-hydrogen) atoms. The zero-order valence-corrected chi connectivity index (χ0v) is 18.5. The van der Waals surface area contributed by atoms with Gasteiger partial charge in [0, 0.05) is 18.8 Å². The molecule has 166 valence electrons. The molecule has 8 heteroatoms. The average Bonchev–Trinajstić information content (AvgIpc) is 3.23. The highest BCUT2D eigenvalue weighted by molar-refractivity contribution is 6.02. The number of carbonyl (C=O) groups is 1. The Morgan fingerprint density at radius 3 is 2.39 bits per heavy atom. The van der Waals surface area contributed by atoms with Gasteiger partial charge in [-0.05, 0) is 36.0 Å². The van der Waals surface area contributed by atoms with Gasteiger partial charge in [0.1, 0.15) is 5.69 Å².